The molecule has 1 saturated heterocycles. The zero-order valence-corrected chi connectivity index (χ0v) is 18.9. The number of ether oxygens (including phenoxy) is 1. The van der Waals surface area contributed by atoms with Crippen LogP contribution in [0.15, 0.2) is 48.7 Å². The number of esters is 1. The van der Waals surface area contributed by atoms with Crippen LogP contribution in [0.4, 0.5) is 9.93 Å². The quantitative estimate of drug-likeness (QED) is 0.574. The first-order chi connectivity index (χ1) is 15.6. The Morgan fingerprint density at radius 3 is 2.75 bits per heavy atom. The number of urea groups is 1. The fourth-order valence-electron chi connectivity index (χ4n) is 3.77. The number of hydrogen-bond acceptors (Lipinski definition) is 7. The van der Waals surface area contributed by atoms with E-state index in [-0.39, 0.29) is 18.4 Å². The van der Waals surface area contributed by atoms with E-state index in [1.807, 2.05) is 47.4 Å². The number of hydrogen-bond donors (Lipinski definition) is 1. The standard InChI is InChI=1S/C23H27N5O3S/c1-2-31-20(29)16-19(17-8-4-3-5-9-17)25-22(30)27-12-7-13-28(15-14-27)23-26-18-10-6-11-24-21(18)32-23/h3-6,8-11,19H,2,7,12-16H2,1H3,(H,25,30)/t19-/m1/s1. The van der Waals surface area contributed by atoms with Gasteiger partial charge in [-0.25, -0.2) is 14.8 Å². The molecule has 0 radical (unpaired) electrons. The molecule has 4 rings (SSSR count). The average Bonchev–Trinajstić information content (AvgIpc) is 3.08. The molecule has 0 aliphatic carbocycles. The lowest BCUT2D eigenvalue weighted by atomic mass is 10.0. The maximum absolute atomic E-state index is 13.1. The van der Waals surface area contributed by atoms with Gasteiger partial charge in [0.1, 0.15) is 10.3 Å². The van der Waals surface area contributed by atoms with Crippen molar-refractivity contribution in [3.63, 3.8) is 0 Å². The first-order valence-electron chi connectivity index (χ1n) is 10.9. The summed E-state index contributed by atoms with van der Waals surface area (Å²) in [5.41, 5.74) is 1.78. The minimum absolute atomic E-state index is 0.0995. The Morgan fingerprint density at radius 2 is 1.97 bits per heavy atom. The number of anilines is 1. The molecule has 1 atom stereocenters. The highest BCUT2D eigenvalue weighted by atomic mass is 32.1. The van der Waals surface area contributed by atoms with Gasteiger partial charge in [-0.15, -0.1) is 0 Å². The summed E-state index contributed by atoms with van der Waals surface area (Å²) in [7, 11) is 0. The maximum Gasteiger partial charge on any atom is 0.317 e. The van der Waals surface area contributed by atoms with Crippen molar-refractivity contribution >= 4 is 38.8 Å². The summed E-state index contributed by atoms with van der Waals surface area (Å²) in [4.78, 5) is 39.2. The van der Waals surface area contributed by atoms with Crippen molar-refractivity contribution in [1.29, 1.82) is 0 Å². The molecular weight excluding hydrogens is 426 g/mol. The van der Waals surface area contributed by atoms with E-state index in [4.69, 9.17) is 9.72 Å². The lowest BCUT2D eigenvalue weighted by molar-refractivity contribution is -0.143. The van der Waals surface area contributed by atoms with Gasteiger partial charge >= 0.3 is 12.0 Å². The molecule has 1 N–H and O–H groups in total. The Morgan fingerprint density at radius 1 is 1.12 bits per heavy atom. The van der Waals surface area contributed by atoms with Gasteiger partial charge in [0.2, 0.25) is 0 Å². The SMILES string of the molecule is CCOC(=O)C[C@@H](NC(=O)N1CCCN(c2nc3cccnc3s2)CC1)c1ccccc1. The van der Waals surface area contributed by atoms with Crippen LogP contribution >= 0.6 is 11.3 Å². The summed E-state index contributed by atoms with van der Waals surface area (Å²) >= 11 is 1.58. The molecule has 0 bridgehead atoms. The van der Waals surface area contributed by atoms with Gasteiger partial charge in [-0.05, 0) is 31.0 Å². The molecule has 2 amide bonds. The molecular formula is C23H27N5O3S. The average molecular weight is 454 g/mol. The topological polar surface area (TPSA) is 87.7 Å². The summed E-state index contributed by atoms with van der Waals surface area (Å²) in [5, 5.41) is 3.98. The monoisotopic (exact) mass is 453 g/mol. The van der Waals surface area contributed by atoms with Crippen molar-refractivity contribution < 1.29 is 14.3 Å². The summed E-state index contributed by atoms with van der Waals surface area (Å²) in [6, 6.07) is 12.8. The zero-order chi connectivity index (χ0) is 22.3. The molecule has 3 aromatic rings. The highest BCUT2D eigenvalue weighted by Crippen LogP contribution is 2.27. The maximum atomic E-state index is 13.1. The number of fused-ring (bicyclic) bond motifs is 1. The minimum atomic E-state index is -0.433. The number of nitrogens with zero attached hydrogens (tertiary/aromatic N) is 4. The van der Waals surface area contributed by atoms with Crippen LogP contribution in [0, 0.1) is 0 Å². The lowest BCUT2D eigenvalue weighted by Crippen LogP contribution is -2.44. The largest absolute Gasteiger partial charge is 0.466 e. The molecule has 9 heteroatoms. The highest BCUT2D eigenvalue weighted by molar-refractivity contribution is 7.21. The fraction of sp³-hybridized carbons (Fsp3) is 0.391. The summed E-state index contributed by atoms with van der Waals surface area (Å²) in [6.07, 6.45) is 2.71. The van der Waals surface area contributed by atoms with Crippen LogP contribution in [0.3, 0.4) is 0 Å². The predicted molar refractivity (Wildman–Crippen MR) is 125 cm³/mol. The van der Waals surface area contributed by atoms with E-state index < -0.39 is 6.04 Å². The number of carbonyl (C=O) groups is 2. The summed E-state index contributed by atoms with van der Waals surface area (Å²) in [6.45, 7) is 4.84. The Balaban J connectivity index is 1.41. The Bertz CT molecular complexity index is 1020. The molecule has 1 aliphatic heterocycles. The predicted octanol–water partition coefficient (Wildman–Crippen LogP) is 3.61. The van der Waals surface area contributed by atoms with Crippen molar-refractivity contribution in [3.8, 4) is 0 Å². The molecule has 3 heterocycles. The van der Waals surface area contributed by atoms with E-state index >= 15 is 0 Å². The van der Waals surface area contributed by atoms with Crippen molar-refractivity contribution in [2.24, 2.45) is 0 Å². The van der Waals surface area contributed by atoms with Crippen molar-refractivity contribution in [2.75, 3.05) is 37.7 Å². The van der Waals surface area contributed by atoms with Crippen LogP contribution in [0.5, 0.6) is 0 Å². The normalized spacial score (nSPS) is 15.3. The van der Waals surface area contributed by atoms with Gasteiger partial charge < -0.3 is 19.9 Å². The number of nitrogens with one attached hydrogen (secondary N) is 1. The van der Waals surface area contributed by atoms with Gasteiger partial charge in [-0.2, -0.15) is 0 Å². The van der Waals surface area contributed by atoms with Gasteiger partial charge in [-0.3, -0.25) is 4.79 Å². The molecule has 32 heavy (non-hydrogen) atoms. The van der Waals surface area contributed by atoms with Crippen LogP contribution in [0.2, 0.25) is 0 Å². The van der Waals surface area contributed by atoms with Gasteiger partial charge in [0.15, 0.2) is 5.13 Å². The number of benzene rings is 1. The van der Waals surface area contributed by atoms with Crippen molar-refractivity contribution in [1.82, 2.24) is 20.2 Å². The van der Waals surface area contributed by atoms with E-state index in [1.54, 1.807) is 24.5 Å². The van der Waals surface area contributed by atoms with E-state index in [0.717, 1.165) is 34.0 Å². The van der Waals surface area contributed by atoms with Crippen LogP contribution in [-0.2, 0) is 9.53 Å². The minimum Gasteiger partial charge on any atom is -0.466 e. The molecule has 0 unspecified atom stereocenters. The highest BCUT2D eigenvalue weighted by Gasteiger charge is 2.25. The number of rotatable bonds is 6. The molecule has 1 aromatic carbocycles. The first kappa shape index (κ1) is 22.0. The van der Waals surface area contributed by atoms with Gasteiger partial charge in [-0.1, -0.05) is 41.7 Å². The number of aromatic nitrogens is 2. The second kappa shape index (κ2) is 10.4. The number of amides is 2. The molecule has 0 saturated carbocycles. The van der Waals surface area contributed by atoms with E-state index in [2.05, 4.69) is 15.2 Å². The van der Waals surface area contributed by atoms with Gasteiger partial charge in [0, 0.05) is 32.4 Å². The first-order valence-corrected chi connectivity index (χ1v) is 11.7. The molecule has 1 fully saturated rings. The third-order valence-electron chi connectivity index (χ3n) is 5.38. The zero-order valence-electron chi connectivity index (χ0n) is 18.1. The van der Waals surface area contributed by atoms with Crippen molar-refractivity contribution in [2.45, 2.75) is 25.8 Å². The van der Waals surface area contributed by atoms with Crippen LogP contribution in [-0.4, -0.2) is 59.7 Å². The molecule has 168 valence electrons. The van der Waals surface area contributed by atoms with Crippen LogP contribution < -0.4 is 10.2 Å². The molecule has 8 nitrogen and oxygen atoms in total. The smallest absolute Gasteiger partial charge is 0.317 e. The Kier molecular flexibility index (Phi) is 7.16. The Hall–Kier alpha value is -3.20. The molecule has 2 aromatic heterocycles. The molecule has 0 spiro atoms. The Labute approximate surface area is 191 Å². The number of carbonyl (C=O) groups excluding carboxylic acids is 2. The van der Waals surface area contributed by atoms with Crippen LogP contribution in [0.1, 0.15) is 31.4 Å². The van der Waals surface area contributed by atoms with E-state index in [1.165, 1.54) is 0 Å². The van der Waals surface area contributed by atoms with Crippen LogP contribution in [0.25, 0.3) is 10.3 Å². The second-order valence-corrected chi connectivity index (χ2v) is 8.53. The third kappa shape index (κ3) is 5.34. The van der Waals surface area contributed by atoms with Gasteiger partial charge in [0.05, 0.1) is 19.1 Å². The molecule has 1 aliphatic rings. The number of pyridine rings is 1. The lowest BCUT2D eigenvalue weighted by Gasteiger charge is -2.25. The van der Waals surface area contributed by atoms with E-state index in [9.17, 15) is 9.59 Å². The fourth-order valence-corrected chi connectivity index (χ4v) is 4.73. The summed E-state index contributed by atoms with van der Waals surface area (Å²) in [5.74, 6) is -0.326. The second-order valence-electron chi connectivity index (χ2n) is 7.57. The summed E-state index contributed by atoms with van der Waals surface area (Å²) < 4.78 is 5.11. The van der Waals surface area contributed by atoms with E-state index in [0.29, 0.717) is 26.2 Å². The third-order valence-corrected chi connectivity index (χ3v) is 6.42. The number of thiazole rings is 1. The van der Waals surface area contributed by atoms with Crippen molar-refractivity contribution in [3.05, 3.63) is 54.2 Å². The van der Waals surface area contributed by atoms with Gasteiger partial charge in [0.25, 0.3) is 0 Å².